The van der Waals surface area contributed by atoms with Crippen molar-refractivity contribution in [3.63, 3.8) is 0 Å². The third-order valence-electron chi connectivity index (χ3n) is 4.33. The van der Waals surface area contributed by atoms with Crippen molar-refractivity contribution in [2.45, 2.75) is 31.9 Å². The van der Waals surface area contributed by atoms with E-state index in [9.17, 15) is 18.0 Å². The zero-order chi connectivity index (χ0) is 20.0. The standard InChI is InChI=1S/C19H21F3N2O3S/c20-19(21,22)27-15-7-5-14(6-8-15)23-18(25)13-24(11-16-3-1-9-26-16)12-17-4-2-10-28-17/h2,4-8,10,16H,1,3,9,11-13H2,(H,23,25)/p+1/t16-/m0/s1. The summed E-state index contributed by atoms with van der Waals surface area (Å²) in [5.74, 6) is -0.525. The minimum atomic E-state index is -4.74. The Morgan fingerprint density at radius 3 is 2.68 bits per heavy atom. The Morgan fingerprint density at radius 2 is 2.07 bits per heavy atom. The van der Waals surface area contributed by atoms with E-state index in [4.69, 9.17) is 4.74 Å². The number of quaternary nitrogens is 1. The molecule has 1 aliphatic rings. The highest BCUT2D eigenvalue weighted by atomic mass is 32.1. The number of alkyl halides is 3. The first kappa shape index (κ1) is 20.6. The van der Waals surface area contributed by atoms with E-state index in [-0.39, 0.29) is 24.3 Å². The molecule has 1 aromatic carbocycles. The molecule has 2 atom stereocenters. The molecule has 9 heteroatoms. The lowest BCUT2D eigenvalue weighted by molar-refractivity contribution is -0.908. The van der Waals surface area contributed by atoms with Crippen LogP contribution in [0.2, 0.25) is 0 Å². The molecule has 1 aliphatic heterocycles. The lowest BCUT2D eigenvalue weighted by Crippen LogP contribution is -3.12. The molecule has 2 heterocycles. The van der Waals surface area contributed by atoms with Crippen molar-refractivity contribution in [2.24, 2.45) is 0 Å². The number of hydrogen-bond donors (Lipinski definition) is 2. The summed E-state index contributed by atoms with van der Waals surface area (Å²) in [6.45, 7) is 2.47. The van der Waals surface area contributed by atoms with Crippen LogP contribution in [-0.4, -0.2) is 38.1 Å². The Kier molecular flexibility index (Phi) is 6.93. The molecule has 2 N–H and O–H groups in total. The number of benzene rings is 1. The Morgan fingerprint density at radius 1 is 1.29 bits per heavy atom. The molecule has 1 fully saturated rings. The maximum atomic E-state index is 12.5. The van der Waals surface area contributed by atoms with Crippen LogP contribution in [0.4, 0.5) is 18.9 Å². The smallest absolute Gasteiger partial charge is 0.406 e. The fraction of sp³-hybridized carbons (Fsp3) is 0.421. The van der Waals surface area contributed by atoms with Crippen LogP contribution in [0.3, 0.4) is 0 Å². The lowest BCUT2D eigenvalue weighted by atomic mass is 10.2. The Hall–Kier alpha value is -2.10. The molecule has 1 aromatic heterocycles. The van der Waals surface area contributed by atoms with Gasteiger partial charge in [-0.1, -0.05) is 6.07 Å². The van der Waals surface area contributed by atoms with Crippen molar-refractivity contribution >= 4 is 22.9 Å². The third-order valence-corrected chi connectivity index (χ3v) is 5.20. The highest BCUT2D eigenvalue weighted by molar-refractivity contribution is 7.09. The topological polar surface area (TPSA) is 52.0 Å². The van der Waals surface area contributed by atoms with Crippen LogP contribution < -0.4 is 15.0 Å². The molecule has 0 radical (unpaired) electrons. The van der Waals surface area contributed by atoms with Gasteiger partial charge in [-0.3, -0.25) is 4.79 Å². The summed E-state index contributed by atoms with van der Waals surface area (Å²) in [4.78, 5) is 14.7. The van der Waals surface area contributed by atoms with Crippen LogP contribution in [0.15, 0.2) is 41.8 Å². The normalized spacial score (nSPS) is 18.0. The number of halogens is 3. The maximum Gasteiger partial charge on any atom is 0.573 e. The van der Waals surface area contributed by atoms with E-state index in [1.807, 2.05) is 17.5 Å². The zero-order valence-electron chi connectivity index (χ0n) is 15.1. The average molecular weight is 415 g/mol. The van der Waals surface area contributed by atoms with Gasteiger partial charge in [0.1, 0.15) is 24.9 Å². The molecular weight excluding hydrogens is 393 g/mol. The van der Waals surface area contributed by atoms with Crippen LogP contribution in [0.1, 0.15) is 17.7 Å². The van der Waals surface area contributed by atoms with Crippen LogP contribution in [0, 0.1) is 0 Å². The SMILES string of the molecule is O=C(C[NH+](Cc1cccs1)C[C@@H]1CCCO1)Nc1ccc(OC(F)(F)F)cc1. The van der Waals surface area contributed by atoms with E-state index in [1.165, 1.54) is 29.1 Å². The fourth-order valence-corrected chi connectivity index (χ4v) is 3.94. The maximum absolute atomic E-state index is 12.5. The van der Waals surface area contributed by atoms with E-state index >= 15 is 0 Å². The second-order valence-corrected chi connectivity index (χ2v) is 7.67. The number of rotatable bonds is 8. The van der Waals surface area contributed by atoms with Crippen LogP contribution in [0.25, 0.3) is 0 Å². The van der Waals surface area contributed by atoms with Crippen LogP contribution in [-0.2, 0) is 16.1 Å². The molecule has 0 bridgehead atoms. The van der Waals surface area contributed by atoms with E-state index in [0.717, 1.165) is 37.4 Å². The number of carbonyl (C=O) groups is 1. The zero-order valence-corrected chi connectivity index (χ0v) is 15.9. The van der Waals surface area contributed by atoms with Gasteiger partial charge in [-0.05, 0) is 48.6 Å². The van der Waals surface area contributed by atoms with Gasteiger partial charge in [-0.15, -0.1) is 24.5 Å². The Bertz CT molecular complexity index is 745. The van der Waals surface area contributed by atoms with Gasteiger partial charge in [0.2, 0.25) is 0 Å². The van der Waals surface area contributed by atoms with Gasteiger partial charge in [-0.2, -0.15) is 0 Å². The average Bonchev–Trinajstić information content (AvgIpc) is 3.29. The summed E-state index contributed by atoms with van der Waals surface area (Å²) >= 11 is 1.65. The molecule has 1 unspecified atom stereocenters. The van der Waals surface area contributed by atoms with Crippen molar-refractivity contribution in [2.75, 3.05) is 25.0 Å². The van der Waals surface area contributed by atoms with Gasteiger partial charge in [0.05, 0.1) is 4.88 Å². The van der Waals surface area contributed by atoms with E-state index in [0.29, 0.717) is 5.69 Å². The number of hydrogen-bond acceptors (Lipinski definition) is 4. The first-order valence-electron chi connectivity index (χ1n) is 9.00. The molecule has 152 valence electrons. The molecule has 5 nitrogen and oxygen atoms in total. The summed E-state index contributed by atoms with van der Waals surface area (Å²) in [5.41, 5.74) is 0.423. The summed E-state index contributed by atoms with van der Waals surface area (Å²) < 4.78 is 46.2. The van der Waals surface area contributed by atoms with Crippen molar-refractivity contribution in [1.82, 2.24) is 0 Å². The predicted molar refractivity (Wildman–Crippen MR) is 99.4 cm³/mol. The van der Waals surface area contributed by atoms with Gasteiger partial charge < -0.3 is 19.7 Å². The number of ether oxygens (including phenoxy) is 2. The summed E-state index contributed by atoms with van der Waals surface area (Å²) in [6, 6.07) is 9.14. The molecule has 1 saturated heterocycles. The molecule has 1 amide bonds. The molecule has 0 spiro atoms. The quantitative estimate of drug-likeness (QED) is 0.697. The molecule has 3 rings (SSSR count). The Labute approximate surface area is 165 Å². The minimum Gasteiger partial charge on any atom is -0.406 e. The van der Waals surface area contributed by atoms with Crippen LogP contribution >= 0.6 is 11.3 Å². The first-order valence-corrected chi connectivity index (χ1v) is 9.88. The van der Waals surface area contributed by atoms with Gasteiger partial charge in [-0.25, -0.2) is 0 Å². The second-order valence-electron chi connectivity index (χ2n) is 6.64. The lowest BCUT2D eigenvalue weighted by Gasteiger charge is -2.21. The largest absolute Gasteiger partial charge is 0.573 e. The number of amides is 1. The molecule has 0 saturated carbocycles. The van der Waals surface area contributed by atoms with Crippen molar-refractivity contribution in [1.29, 1.82) is 0 Å². The van der Waals surface area contributed by atoms with E-state index in [1.54, 1.807) is 11.3 Å². The fourth-order valence-electron chi connectivity index (χ4n) is 3.17. The van der Waals surface area contributed by atoms with Crippen molar-refractivity contribution in [3.05, 3.63) is 46.7 Å². The highest BCUT2D eigenvalue weighted by Crippen LogP contribution is 2.23. The molecule has 28 heavy (non-hydrogen) atoms. The predicted octanol–water partition coefficient (Wildman–Crippen LogP) is 2.85. The summed E-state index contributed by atoms with van der Waals surface area (Å²) in [5, 5.41) is 4.74. The second kappa shape index (κ2) is 9.40. The highest BCUT2D eigenvalue weighted by Gasteiger charge is 2.31. The number of thiophene rings is 1. The van der Waals surface area contributed by atoms with Gasteiger partial charge >= 0.3 is 6.36 Å². The molecule has 2 aromatic rings. The third kappa shape index (κ3) is 6.81. The molecule has 0 aliphatic carbocycles. The van der Waals surface area contributed by atoms with Crippen LogP contribution in [0.5, 0.6) is 5.75 Å². The molecular formula is C19H22F3N2O3S+. The minimum absolute atomic E-state index is 0.154. The number of carbonyl (C=O) groups excluding carboxylic acids is 1. The summed E-state index contributed by atoms with van der Waals surface area (Å²) in [6.07, 6.45) is -2.55. The first-order chi connectivity index (χ1) is 13.4. The number of nitrogens with one attached hydrogen (secondary N) is 2. The van der Waals surface area contributed by atoms with Crippen molar-refractivity contribution in [3.8, 4) is 5.75 Å². The van der Waals surface area contributed by atoms with E-state index < -0.39 is 6.36 Å². The van der Waals surface area contributed by atoms with Gasteiger partial charge in [0.15, 0.2) is 6.54 Å². The Balaban J connectivity index is 1.56. The van der Waals surface area contributed by atoms with Gasteiger partial charge in [0, 0.05) is 12.3 Å². The van der Waals surface area contributed by atoms with E-state index in [2.05, 4.69) is 10.1 Å². The van der Waals surface area contributed by atoms with Gasteiger partial charge in [0.25, 0.3) is 5.91 Å². The summed E-state index contributed by atoms with van der Waals surface area (Å²) in [7, 11) is 0. The number of anilines is 1. The monoisotopic (exact) mass is 415 g/mol. The van der Waals surface area contributed by atoms with Crippen molar-refractivity contribution < 1.29 is 32.3 Å².